The number of carbonyl (C=O) groups excluding carboxylic acids is 1. The molecule has 1 aliphatic heterocycles. The lowest BCUT2D eigenvalue weighted by Gasteiger charge is -2.23. The molecular weight excluding hydrogens is 180 g/mol. The molecule has 1 fully saturated rings. The highest BCUT2D eigenvalue weighted by Crippen LogP contribution is 2.01. The summed E-state index contributed by atoms with van der Waals surface area (Å²) in [5.41, 5.74) is 0. The molecule has 1 rings (SSSR count). The van der Waals surface area contributed by atoms with Gasteiger partial charge in [0.1, 0.15) is 6.61 Å². The van der Waals surface area contributed by atoms with E-state index >= 15 is 0 Å². The van der Waals surface area contributed by atoms with Crippen molar-refractivity contribution in [3.63, 3.8) is 0 Å². The van der Waals surface area contributed by atoms with Crippen LogP contribution in [-0.2, 0) is 9.53 Å². The van der Waals surface area contributed by atoms with Crippen molar-refractivity contribution in [3.05, 3.63) is 0 Å². The molecule has 0 aromatic carbocycles. The molecular formula is C10H20N2O2. The lowest BCUT2D eigenvalue weighted by atomic mass is 10.1. The molecule has 0 aliphatic carbocycles. The summed E-state index contributed by atoms with van der Waals surface area (Å²) in [7, 11) is 0. The van der Waals surface area contributed by atoms with Crippen molar-refractivity contribution in [3.8, 4) is 0 Å². The summed E-state index contributed by atoms with van der Waals surface area (Å²) in [5, 5.41) is 6.23. The highest BCUT2D eigenvalue weighted by atomic mass is 16.5. The van der Waals surface area contributed by atoms with E-state index in [9.17, 15) is 4.79 Å². The summed E-state index contributed by atoms with van der Waals surface area (Å²) in [6.45, 7) is 6.03. The third kappa shape index (κ3) is 4.58. The van der Waals surface area contributed by atoms with Crippen molar-refractivity contribution in [2.75, 3.05) is 19.7 Å². The van der Waals surface area contributed by atoms with Gasteiger partial charge in [-0.3, -0.25) is 4.79 Å². The van der Waals surface area contributed by atoms with Crippen molar-refractivity contribution in [2.45, 2.75) is 38.8 Å². The quantitative estimate of drug-likeness (QED) is 0.685. The highest BCUT2D eigenvalue weighted by molar-refractivity contribution is 5.77. The standard InChI is InChI=1S/C10H20N2O2/c1-8(2)14-7-10(13)12-9-3-5-11-6-4-9/h8-9,11H,3-7H2,1-2H3,(H,12,13). The first kappa shape index (κ1) is 11.5. The maximum absolute atomic E-state index is 11.4. The Balaban J connectivity index is 2.12. The van der Waals surface area contributed by atoms with Gasteiger partial charge in [0.25, 0.3) is 0 Å². The lowest BCUT2D eigenvalue weighted by molar-refractivity contribution is -0.127. The molecule has 4 nitrogen and oxygen atoms in total. The average molecular weight is 200 g/mol. The number of carbonyl (C=O) groups is 1. The SMILES string of the molecule is CC(C)OCC(=O)NC1CCNCC1. The fraction of sp³-hybridized carbons (Fsp3) is 0.900. The molecule has 1 saturated heterocycles. The van der Waals surface area contributed by atoms with Crippen LogP contribution in [0.25, 0.3) is 0 Å². The first-order valence-electron chi connectivity index (χ1n) is 5.30. The minimum absolute atomic E-state index is 0.00519. The molecule has 14 heavy (non-hydrogen) atoms. The zero-order chi connectivity index (χ0) is 10.4. The molecule has 0 radical (unpaired) electrons. The van der Waals surface area contributed by atoms with Gasteiger partial charge in [-0.05, 0) is 39.8 Å². The normalized spacial score (nSPS) is 18.5. The van der Waals surface area contributed by atoms with E-state index in [2.05, 4.69) is 10.6 Å². The van der Waals surface area contributed by atoms with Crippen LogP contribution < -0.4 is 10.6 Å². The van der Waals surface area contributed by atoms with E-state index in [1.807, 2.05) is 13.8 Å². The monoisotopic (exact) mass is 200 g/mol. The van der Waals surface area contributed by atoms with Gasteiger partial charge in [-0.2, -0.15) is 0 Å². The van der Waals surface area contributed by atoms with Gasteiger partial charge in [0.2, 0.25) is 5.91 Å². The van der Waals surface area contributed by atoms with Gasteiger partial charge in [-0.25, -0.2) is 0 Å². The fourth-order valence-corrected chi connectivity index (χ4v) is 1.48. The third-order valence-electron chi connectivity index (χ3n) is 2.25. The Labute approximate surface area is 85.4 Å². The van der Waals surface area contributed by atoms with E-state index in [0.717, 1.165) is 25.9 Å². The topological polar surface area (TPSA) is 50.4 Å². The third-order valence-corrected chi connectivity index (χ3v) is 2.25. The van der Waals surface area contributed by atoms with Crippen LogP contribution in [0.3, 0.4) is 0 Å². The van der Waals surface area contributed by atoms with Crippen LogP contribution in [0.15, 0.2) is 0 Å². The number of amides is 1. The van der Waals surface area contributed by atoms with Crippen LogP contribution in [0.5, 0.6) is 0 Å². The summed E-state index contributed by atoms with van der Waals surface area (Å²) in [5.74, 6) is 0.00519. The molecule has 2 N–H and O–H groups in total. The van der Waals surface area contributed by atoms with Crippen molar-refractivity contribution in [1.82, 2.24) is 10.6 Å². The zero-order valence-electron chi connectivity index (χ0n) is 9.01. The Hall–Kier alpha value is -0.610. The number of hydrogen-bond acceptors (Lipinski definition) is 3. The van der Waals surface area contributed by atoms with E-state index in [0.29, 0.717) is 6.04 Å². The van der Waals surface area contributed by atoms with Crippen molar-refractivity contribution in [2.24, 2.45) is 0 Å². The van der Waals surface area contributed by atoms with Crippen LogP contribution in [0, 0.1) is 0 Å². The number of piperidine rings is 1. The molecule has 0 saturated carbocycles. The zero-order valence-corrected chi connectivity index (χ0v) is 9.01. The predicted molar refractivity (Wildman–Crippen MR) is 55.1 cm³/mol. The number of rotatable bonds is 4. The smallest absolute Gasteiger partial charge is 0.246 e. The molecule has 0 unspecified atom stereocenters. The Morgan fingerprint density at radius 1 is 1.50 bits per heavy atom. The van der Waals surface area contributed by atoms with E-state index in [1.165, 1.54) is 0 Å². The minimum atomic E-state index is 0.00519. The Morgan fingerprint density at radius 3 is 2.71 bits per heavy atom. The van der Waals surface area contributed by atoms with Crippen molar-refractivity contribution in [1.29, 1.82) is 0 Å². The van der Waals surface area contributed by atoms with Crippen molar-refractivity contribution < 1.29 is 9.53 Å². The van der Waals surface area contributed by atoms with Crippen LogP contribution in [0.4, 0.5) is 0 Å². The molecule has 4 heteroatoms. The summed E-state index contributed by atoms with van der Waals surface area (Å²) >= 11 is 0. The molecule has 0 bridgehead atoms. The second-order valence-electron chi connectivity index (χ2n) is 3.95. The first-order chi connectivity index (χ1) is 6.68. The molecule has 0 atom stereocenters. The van der Waals surface area contributed by atoms with Gasteiger partial charge < -0.3 is 15.4 Å². The molecule has 0 spiro atoms. The van der Waals surface area contributed by atoms with Crippen LogP contribution in [0.1, 0.15) is 26.7 Å². The second kappa shape index (κ2) is 5.98. The molecule has 0 aromatic rings. The van der Waals surface area contributed by atoms with Gasteiger partial charge in [-0.15, -0.1) is 0 Å². The van der Waals surface area contributed by atoms with Crippen LogP contribution in [-0.4, -0.2) is 37.7 Å². The Bertz CT molecular complexity index is 177. The molecule has 1 amide bonds. The van der Waals surface area contributed by atoms with Crippen LogP contribution >= 0.6 is 0 Å². The maximum Gasteiger partial charge on any atom is 0.246 e. The van der Waals surface area contributed by atoms with E-state index in [1.54, 1.807) is 0 Å². The molecule has 1 aliphatic rings. The first-order valence-corrected chi connectivity index (χ1v) is 5.30. The average Bonchev–Trinajstić information content (AvgIpc) is 2.16. The fourth-order valence-electron chi connectivity index (χ4n) is 1.48. The van der Waals surface area contributed by atoms with Gasteiger partial charge in [0.15, 0.2) is 0 Å². The van der Waals surface area contributed by atoms with E-state index in [4.69, 9.17) is 4.74 Å². The van der Waals surface area contributed by atoms with Gasteiger partial charge in [0, 0.05) is 6.04 Å². The molecule has 1 heterocycles. The van der Waals surface area contributed by atoms with Gasteiger partial charge >= 0.3 is 0 Å². The maximum atomic E-state index is 11.4. The summed E-state index contributed by atoms with van der Waals surface area (Å²) in [6, 6.07) is 0.333. The second-order valence-corrected chi connectivity index (χ2v) is 3.95. The predicted octanol–water partition coefficient (Wildman–Crippen LogP) is 0.280. The molecule has 0 aromatic heterocycles. The van der Waals surface area contributed by atoms with Crippen LogP contribution in [0.2, 0.25) is 0 Å². The largest absolute Gasteiger partial charge is 0.369 e. The minimum Gasteiger partial charge on any atom is -0.369 e. The van der Waals surface area contributed by atoms with Gasteiger partial charge in [0.05, 0.1) is 6.10 Å². The van der Waals surface area contributed by atoms with Gasteiger partial charge in [-0.1, -0.05) is 0 Å². The number of ether oxygens (including phenoxy) is 1. The summed E-state index contributed by atoms with van der Waals surface area (Å²) in [4.78, 5) is 11.4. The summed E-state index contributed by atoms with van der Waals surface area (Å²) < 4.78 is 5.22. The van der Waals surface area contributed by atoms with Crippen molar-refractivity contribution >= 4 is 5.91 Å². The van der Waals surface area contributed by atoms with E-state index < -0.39 is 0 Å². The molecule has 82 valence electrons. The Kier molecular flexibility index (Phi) is 4.90. The lowest BCUT2D eigenvalue weighted by Crippen LogP contribution is -2.44. The number of hydrogen-bond donors (Lipinski definition) is 2. The highest BCUT2D eigenvalue weighted by Gasteiger charge is 2.15. The van der Waals surface area contributed by atoms with E-state index in [-0.39, 0.29) is 18.6 Å². The summed E-state index contributed by atoms with van der Waals surface area (Å²) in [6.07, 6.45) is 2.16. The Morgan fingerprint density at radius 2 is 2.14 bits per heavy atom. The number of nitrogens with one attached hydrogen (secondary N) is 2.